The molecule has 0 spiro atoms. The fraction of sp³-hybridized carbons (Fsp3) is 0.545. The van der Waals surface area contributed by atoms with E-state index in [2.05, 4.69) is 39.6 Å². The van der Waals surface area contributed by atoms with E-state index in [1.54, 1.807) is 31.4 Å². The van der Waals surface area contributed by atoms with Crippen LogP contribution in [0.25, 0.3) is 6.08 Å². The van der Waals surface area contributed by atoms with Gasteiger partial charge in [0.05, 0.1) is 14.2 Å². The molecule has 0 bridgehead atoms. The lowest BCUT2D eigenvalue weighted by Crippen LogP contribution is -2.60. The monoisotopic (exact) mass is 389 g/mol. The molecule has 1 aromatic carbocycles. The second kappa shape index (κ2) is 8.35. The van der Waals surface area contributed by atoms with E-state index in [0.29, 0.717) is 24.2 Å². The van der Waals surface area contributed by atoms with E-state index >= 15 is 0 Å². The number of likely N-dealkylation sites (tertiary alicyclic amines) is 1. The molecular weight excluding hydrogens is 358 g/mol. The smallest absolute Gasteiger partial charge is 0.345 e. The molecule has 6 nitrogen and oxygen atoms in total. The quantitative estimate of drug-likeness (QED) is 0.333. The zero-order chi connectivity index (χ0) is 21.1. The van der Waals surface area contributed by atoms with Gasteiger partial charge in [0.15, 0.2) is 0 Å². The third kappa shape index (κ3) is 4.93. The molecule has 1 aliphatic rings. The van der Waals surface area contributed by atoms with E-state index in [0.717, 1.165) is 0 Å². The van der Waals surface area contributed by atoms with Gasteiger partial charge in [-0.3, -0.25) is 4.90 Å². The van der Waals surface area contributed by atoms with Gasteiger partial charge in [-0.05, 0) is 58.5 Å². The van der Waals surface area contributed by atoms with E-state index in [1.807, 2.05) is 0 Å². The molecule has 2 rings (SSSR count). The van der Waals surface area contributed by atoms with Crippen LogP contribution in [0.3, 0.4) is 0 Å². The number of benzene rings is 1. The van der Waals surface area contributed by atoms with Crippen LogP contribution in [0, 0.1) is 0 Å². The van der Waals surface area contributed by atoms with Gasteiger partial charge in [-0.1, -0.05) is 12.1 Å². The van der Waals surface area contributed by atoms with Crippen LogP contribution >= 0.6 is 0 Å². The van der Waals surface area contributed by atoms with Crippen molar-refractivity contribution in [3.8, 4) is 5.75 Å². The fourth-order valence-electron chi connectivity index (χ4n) is 3.76. The fourth-order valence-corrected chi connectivity index (χ4v) is 3.76. The van der Waals surface area contributed by atoms with E-state index < -0.39 is 11.9 Å². The molecule has 0 saturated carbocycles. The average molecular weight is 389 g/mol. The van der Waals surface area contributed by atoms with Crippen LogP contribution in [0.4, 0.5) is 0 Å². The molecule has 0 atom stereocenters. The number of carbonyl (C=O) groups is 2. The largest absolute Gasteiger partial charge is 0.497 e. The highest BCUT2D eigenvalue weighted by atomic mass is 16.6. The lowest BCUT2D eigenvalue weighted by Gasteiger charge is -2.53. The lowest BCUT2D eigenvalue weighted by atomic mass is 9.78. The number of hydrogen-bond donors (Lipinski definition) is 0. The number of rotatable bonds is 5. The zero-order valence-electron chi connectivity index (χ0n) is 17.9. The predicted octanol–water partition coefficient (Wildman–Crippen LogP) is 3.45. The summed E-state index contributed by atoms with van der Waals surface area (Å²) in [5.74, 6) is -0.689. The number of piperidine rings is 1. The molecule has 0 aromatic heterocycles. The molecule has 0 unspecified atom stereocenters. The first kappa shape index (κ1) is 22.0. The Balaban J connectivity index is 2.23. The van der Waals surface area contributed by atoms with E-state index in [1.165, 1.54) is 13.2 Å². The molecule has 0 aliphatic carbocycles. The molecule has 154 valence electrons. The van der Waals surface area contributed by atoms with Crippen molar-refractivity contribution in [3.63, 3.8) is 0 Å². The molecule has 28 heavy (non-hydrogen) atoms. The molecule has 1 saturated heterocycles. The summed E-state index contributed by atoms with van der Waals surface area (Å²) >= 11 is 0. The third-order valence-electron chi connectivity index (χ3n) is 5.60. The van der Waals surface area contributed by atoms with Crippen LogP contribution in [-0.4, -0.2) is 55.3 Å². The average Bonchev–Trinajstić information content (AvgIpc) is 2.63. The summed E-state index contributed by atoms with van der Waals surface area (Å²) in [6.07, 6.45) is 2.59. The highest BCUT2D eigenvalue weighted by Gasteiger charge is 2.44. The minimum absolute atomic E-state index is 0.123. The first-order chi connectivity index (χ1) is 13.0. The van der Waals surface area contributed by atoms with Crippen LogP contribution in [-0.2, 0) is 19.1 Å². The van der Waals surface area contributed by atoms with Gasteiger partial charge in [0, 0.05) is 23.9 Å². The van der Waals surface area contributed by atoms with Crippen molar-refractivity contribution in [3.05, 3.63) is 35.4 Å². The number of esters is 2. The molecule has 1 aliphatic heterocycles. The molecule has 1 aromatic rings. The van der Waals surface area contributed by atoms with Crippen LogP contribution in [0.15, 0.2) is 29.8 Å². The van der Waals surface area contributed by atoms with Crippen molar-refractivity contribution in [2.24, 2.45) is 0 Å². The summed E-state index contributed by atoms with van der Waals surface area (Å²) in [5.41, 5.74) is 0.305. The van der Waals surface area contributed by atoms with Gasteiger partial charge >= 0.3 is 11.9 Å². The Labute approximate surface area is 167 Å². The summed E-state index contributed by atoms with van der Waals surface area (Å²) in [7, 11) is 4.91. The first-order valence-electron chi connectivity index (χ1n) is 9.39. The Morgan fingerprint density at radius 3 is 2.00 bits per heavy atom. The second-order valence-electron chi connectivity index (χ2n) is 8.44. The van der Waals surface area contributed by atoms with Crippen molar-refractivity contribution < 1.29 is 23.8 Å². The second-order valence-corrected chi connectivity index (χ2v) is 8.44. The molecule has 1 fully saturated rings. The van der Waals surface area contributed by atoms with E-state index in [-0.39, 0.29) is 22.8 Å². The SMILES string of the molecule is COC(=O)/C(=C\c1ccc(OC)cc1)C(=O)OC1CC(C)(C)N(C)C(C)(C)C1. The minimum Gasteiger partial charge on any atom is -0.497 e. The molecule has 0 N–H and O–H groups in total. The predicted molar refractivity (Wildman–Crippen MR) is 108 cm³/mol. The van der Waals surface area contributed by atoms with Crippen molar-refractivity contribution in [1.82, 2.24) is 4.90 Å². The maximum Gasteiger partial charge on any atom is 0.345 e. The molecule has 6 heteroatoms. The third-order valence-corrected chi connectivity index (χ3v) is 5.60. The summed E-state index contributed by atoms with van der Waals surface area (Å²) < 4.78 is 15.7. The van der Waals surface area contributed by atoms with E-state index in [4.69, 9.17) is 14.2 Å². The Kier molecular flexibility index (Phi) is 6.55. The lowest BCUT2D eigenvalue weighted by molar-refractivity contribution is -0.156. The van der Waals surface area contributed by atoms with Gasteiger partial charge < -0.3 is 14.2 Å². The number of hydrogen-bond acceptors (Lipinski definition) is 6. The highest BCUT2D eigenvalue weighted by Crippen LogP contribution is 2.38. The first-order valence-corrected chi connectivity index (χ1v) is 9.39. The standard InChI is InChI=1S/C22H31NO5/c1-21(2)13-17(14-22(3,4)23(21)5)28-20(25)18(19(24)27-7)12-15-8-10-16(26-6)11-9-15/h8-12,17H,13-14H2,1-7H3/b18-12+. The molecule has 1 heterocycles. The number of nitrogens with zero attached hydrogens (tertiary/aromatic N) is 1. The maximum absolute atomic E-state index is 12.8. The Morgan fingerprint density at radius 2 is 1.54 bits per heavy atom. The van der Waals surface area contributed by atoms with Gasteiger partial charge in [-0.25, -0.2) is 9.59 Å². The Morgan fingerprint density at radius 1 is 1.00 bits per heavy atom. The van der Waals surface area contributed by atoms with Crippen LogP contribution in [0.1, 0.15) is 46.1 Å². The number of methoxy groups -OCH3 is 2. The highest BCUT2D eigenvalue weighted by molar-refractivity contribution is 6.17. The topological polar surface area (TPSA) is 65.1 Å². The molecular formula is C22H31NO5. The summed E-state index contributed by atoms with van der Waals surface area (Å²) in [4.78, 5) is 27.3. The normalized spacial score (nSPS) is 19.8. The van der Waals surface area contributed by atoms with Crippen molar-refractivity contribution >= 4 is 18.0 Å². The van der Waals surface area contributed by atoms with Crippen LogP contribution in [0.2, 0.25) is 0 Å². The molecule has 0 amide bonds. The Bertz CT molecular complexity index is 731. The van der Waals surface area contributed by atoms with Gasteiger partial charge in [0.2, 0.25) is 0 Å². The number of ether oxygens (including phenoxy) is 3. The van der Waals surface area contributed by atoms with Crippen molar-refractivity contribution in [2.75, 3.05) is 21.3 Å². The zero-order valence-corrected chi connectivity index (χ0v) is 17.9. The van der Waals surface area contributed by atoms with Gasteiger partial charge in [-0.2, -0.15) is 0 Å². The Hall–Kier alpha value is -2.34. The van der Waals surface area contributed by atoms with Gasteiger partial charge in [0.25, 0.3) is 0 Å². The van der Waals surface area contributed by atoms with Crippen molar-refractivity contribution in [1.29, 1.82) is 0 Å². The van der Waals surface area contributed by atoms with E-state index in [9.17, 15) is 9.59 Å². The van der Waals surface area contributed by atoms with Crippen LogP contribution < -0.4 is 4.74 Å². The summed E-state index contributed by atoms with van der Waals surface area (Å²) in [5, 5.41) is 0. The minimum atomic E-state index is -0.715. The van der Waals surface area contributed by atoms with Gasteiger partial charge in [-0.15, -0.1) is 0 Å². The maximum atomic E-state index is 12.8. The van der Waals surface area contributed by atoms with Crippen molar-refractivity contribution in [2.45, 2.75) is 57.7 Å². The van der Waals surface area contributed by atoms with Gasteiger partial charge in [0.1, 0.15) is 17.4 Å². The summed E-state index contributed by atoms with van der Waals surface area (Å²) in [6, 6.07) is 7.04. The number of carbonyl (C=O) groups excluding carboxylic acids is 2. The molecule has 0 radical (unpaired) electrons. The summed E-state index contributed by atoms with van der Waals surface area (Å²) in [6.45, 7) is 8.51. The van der Waals surface area contributed by atoms with Crippen LogP contribution in [0.5, 0.6) is 5.75 Å².